The monoisotopic (exact) mass is 388 g/mol. The standard InChI is InChI=1S/C28H24N2/c1-18(2)30-27-11-7-5-9-22(27)24-17-20(13-15-28(24)30)19-12-14-26-23(16-19)21-8-4-6-10-25(21)29(26)3/h4-18H,1-3H3. The summed E-state index contributed by atoms with van der Waals surface area (Å²) in [4.78, 5) is 0. The van der Waals surface area contributed by atoms with E-state index in [0.717, 1.165) is 0 Å². The second-order valence-corrected chi connectivity index (χ2v) is 8.52. The van der Waals surface area contributed by atoms with Crippen molar-refractivity contribution in [3.05, 3.63) is 84.9 Å². The molecule has 4 aromatic carbocycles. The van der Waals surface area contributed by atoms with E-state index in [1.54, 1.807) is 0 Å². The molecule has 0 atom stereocenters. The summed E-state index contributed by atoms with van der Waals surface area (Å²) in [6, 6.07) is 31.6. The quantitative estimate of drug-likeness (QED) is 0.288. The maximum Gasteiger partial charge on any atom is 0.0494 e. The molecule has 0 aliphatic heterocycles. The number of rotatable bonds is 2. The topological polar surface area (TPSA) is 9.86 Å². The van der Waals surface area contributed by atoms with Crippen LogP contribution in [0.4, 0.5) is 0 Å². The van der Waals surface area contributed by atoms with E-state index in [1.807, 2.05) is 0 Å². The van der Waals surface area contributed by atoms with Gasteiger partial charge in [-0.3, -0.25) is 0 Å². The van der Waals surface area contributed by atoms with Crippen LogP contribution in [0.25, 0.3) is 54.7 Å². The van der Waals surface area contributed by atoms with Gasteiger partial charge in [0.1, 0.15) is 0 Å². The first-order valence-corrected chi connectivity index (χ1v) is 10.6. The zero-order chi connectivity index (χ0) is 20.4. The Morgan fingerprint density at radius 2 is 1.00 bits per heavy atom. The first-order chi connectivity index (χ1) is 14.6. The van der Waals surface area contributed by atoms with Crippen LogP contribution in [0.5, 0.6) is 0 Å². The summed E-state index contributed by atoms with van der Waals surface area (Å²) in [5, 5.41) is 5.29. The fourth-order valence-electron chi connectivity index (χ4n) is 5.09. The number of para-hydroxylation sites is 2. The Hall–Kier alpha value is -3.52. The predicted molar refractivity (Wildman–Crippen MR) is 129 cm³/mol. The highest BCUT2D eigenvalue weighted by atomic mass is 15.0. The van der Waals surface area contributed by atoms with Crippen molar-refractivity contribution in [2.24, 2.45) is 7.05 Å². The van der Waals surface area contributed by atoms with Crippen LogP contribution in [0.1, 0.15) is 19.9 Å². The minimum Gasteiger partial charge on any atom is -0.344 e. The van der Waals surface area contributed by atoms with Gasteiger partial charge in [0.25, 0.3) is 0 Å². The van der Waals surface area contributed by atoms with Crippen molar-refractivity contribution in [2.45, 2.75) is 19.9 Å². The van der Waals surface area contributed by atoms with Crippen molar-refractivity contribution < 1.29 is 0 Å². The van der Waals surface area contributed by atoms with Crippen molar-refractivity contribution in [1.82, 2.24) is 9.13 Å². The molecule has 0 saturated carbocycles. The summed E-state index contributed by atoms with van der Waals surface area (Å²) in [5.74, 6) is 0. The third-order valence-corrected chi connectivity index (χ3v) is 6.47. The summed E-state index contributed by atoms with van der Waals surface area (Å²) in [6.07, 6.45) is 0. The van der Waals surface area contributed by atoms with Gasteiger partial charge >= 0.3 is 0 Å². The lowest BCUT2D eigenvalue weighted by atomic mass is 10.0. The van der Waals surface area contributed by atoms with E-state index in [1.165, 1.54) is 54.7 Å². The van der Waals surface area contributed by atoms with Crippen molar-refractivity contribution in [3.8, 4) is 11.1 Å². The van der Waals surface area contributed by atoms with Crippen LogP contribution < -0.4 is 0 Å². The number of aromatic nitrogens is 2. The van der Waals surface area contributed by atoms with Crippen LogP contribution in [0.15, 0.2) is 84.9 Å². The number of benzene rings is 4. The number of nitrogens with zero attached hydrogens (tertiary/aromatic N) is 2. The fourth-order valence-corrected chi connectivity index (χ4v) is 5.09. The molecule has 0 fully saturated rings. The molecular formula is C28H24N2. The number of hydrogen-bond donors (Lipinski definition) is 0. The summed E-state index contributed by atoms with van der Waals surface area (Å²) in [6.45, 7) is 4.52. The normalized spacial score (nSPS) is 12.1. The second kappa shape index (κ2) is 6.24. The van der Waals surface area contributed by atoms with Gasteiger partial charge < -0.3 is 9.13 Å². The van der Waals surface area contributed by atoms with Crippen molar-refractivity contribution >= 4 is 43.6 Å². The van der Waals surface area contributed by atoms with Crippen molar-refractivity contribution in [2.75, 3.05) is 0 Å². The molecule has 0 unspecified atom stereocenters. The summed E-state index contributed by atoms with van der Waals surface area (Å²) in [7, 11) is 2.15. The highest BCUT2D eigenvalue weighted by molar-refractivity contribution is 6.11. The lowest BCUT2D eigenvalue weighted by molar-refractivity contribution is 0.642. The summed E-state index contributed by atoms with van der Waals surface area (Å²) >= 11 is 0. The van der Waals surface area contributed by atoms with Gasteiger partial charge in [-0.15, -0.1) is 0 Å². The van der Waals surface area contributed by atoms with E-state index in [0.29, 0.717) is 6.04 Å². The Morgan fingerprint density at radius 1 is 0.533 bits per heavy atom. The maximum atomic E-state index is 2.45. The summed E-state index contributed by atoms with van der Waals surface area (Å²) < 4.78 is 4.73. The minimum atomic E-state index is 0.422. The van der Waals surface area contributed by atoms with Crippen molar-refractivity contribution in [3.63, 3.8) is 0 Å². The molecule has 6 rings (SSSR count). The Labute approximate surface area is 176 Å². The molecule has 0 bridgehead atoms. The van der Waals surface area contributed by atoms with Crippen LogP contribution >= 0.6 is 0 Å². The van der Waals surface area contributed by atoms with Gasteiger partial charge in [0, 0.05) is 56.7 Å². The lowest BCUT2D eigenvalue weighted by Gasteiger charge is -2.11. The molecule has 2 nitrogen and oxygen atoms in total. The summed E-state index contributed by atoms with van der Waals surface area (Å²) in [5.41, 5.74) is 7.70. The van der Waals surface area contributed by atoms with Gasteiger partial charge in [0.2, 0.25) is 0 Å². The molecule has 0 spiro atoms. The average molecular weight is 389 g/mol. The third kappa shape index (κ3) is 2.31. The fraction of sp³-hybridized carbons (Fsp3) is 0.143. The largest absolute Gasteiger partial charge is 0.344 e. The molecule has 2 heterocycles. The Morgan fingerprint density at radius 3 is 1.67 bits per heavy atom. The third-order valence-electron chi connectivity index (χ3n) is 6.47. The molecule has 6 aromatic rings. The van der Waals surface area contributed by atoms with Crippen LogP contribution in [0.2, 0.25) is 0 Å². The lowest BCUT2D eigenvalue weighted by Crippen LogP contribution is -1.99. The molecule has 30 heavy (non-hydrogen) atoms. The Kier molecular flexibility index (Phi) is 3.61. The van der Waals surface area contributed by atoms with Crippen LogP contribution in [-0.2, 0) is 7.05 Å². The van der Waals surface area contributed by atoms with Gasteiger partial charge in [-0.2, -0.15) is 0 Å². The van der Waals surface area contributed by atoms with Crippen LogP contribution in [-0.4, -0.2) is 9.13 Å². The zero-order valence-corrected chi connectivity index (χ0v) is 17.6. The van der Waals surface area contributed by atoms with Crippen LogP contribution in [0, 0.1) is 0 Å². The van der Waals surface area contributed by atoms with Gasteiger partial charge in [0.15, 0.2) is 0 Å². The molecule has 0 aliphatic carbocycles. The highest BCUT2D eigenvalue weighted by Gasteiger charge is 2.14. The molecule has 0 N–H and O–H groups in total. The molecule has 146 valence electrons. The van der Waals surface area contributed by atoms with Gasteiger partial charge in [-0.1, -0.05) is 48.5 Å². The number of fused-ring (bicyclic) bond motifs is 6. The second-order valence-electron chi connectivity index (χ2n) is 8.52. The molecule has 0 aliphatic rings. The van der Waals surface area contributed by atoms with E-state index in [-0.39, 0.29) is 0 Å². The zero-order valence-electron chi connectivity index (χ0n) is 17.6. The van der Waals surface area contributed by atoms with E-state index < -0.39 is 0 Å². The van der Waals surface area contributed by atoms with Gasteiger partial charge in [-0.25, -0.2) is 0 Å². The SMILES string of the molecule is CC(C)n1c2ccccc2c2cc(-c3ccc4c(c3)c3ccccc3n4C)ccc21. The minimum absolute atomic E-state index is 0.422. The van der Waals surface area contributed by atoms with Gasteiger partial charge in [-0.05, 0) is 61.4 Å². The average Bonchev–Trinajstić information content (AvgIpc) is 3.26. The Balaban J connectivity index is 1.62. The first kappa shape index (κ1) is 17.3. The Bertz CT molecular complexity index is 1580. The number of aryl methyl sites for hydroxylation is 1. The highest BCUT2D eigenvalue weighted by Crippen LogP contribution is 2.36. The number of hydrogen-bond acceptors (Lipinski definition) is 0. The molecule has 2 heteroatoms. The maximum absolute atomic E-state index is 2.45. The van der Waals surface area contributed by atoms with E-state index in [4.69, 9.17) is 0 Å². The van der Waals surface area contributed by atoms with Crippen LogP contribution in [0.3, 0.4) is 0 Å². The molecule has 0 amide bonds. The predicted octanol–water partition coefficient (Wildman–Crippen LogP) is 7.69. The van der Waals surface area contributed by atoms with E-state index >= 15 is 0 Å². The molecule has 0 radical (unpaired) electrons. The first-order valence-electron chi connectivity index (χ1n) is 10.6. The molecule has 0 saturated heterocycles. The van der Waals surface area contributed by atoms with Gasteiger partial charge in [0.05, 0.1) is 0 Å². The van der Waals surface area contributed by atoms with Crippen molar-refractivity contribution in [1.29, 1.82) is 0 Å². The van der Waals surface area contributed by atoms with E-state index in [9.17, 15) is 0 Å². The smallest absolute Gasteiger partial charge is 0.0494 e. The molecular weight excluding hydrogens is 364 g/mol. The molecule has 2 aromatic heterocycles. The van der Waals surface area contributed by atoms with E-state index in [2.05, 4.69) is 115 Å².